The van der Waals surface area contributed by atoms with Gasteiger partial charge in [-0.05, 0) is 29.2 Å². The summed E-state index contributed by atoms with van der Waals surface area (Å²) in [6, 6.07) is 16.0. The van der Waals surface area contributed by atoms with Crippen molar-refractivity contribution in [2.24, 2.45) is 0 Å². The number of thiazole rings is 1. The highest BCUT2D eigenvalue weighted by Gasteiger charge is 2.29. The molecule has 0 saturated heterocycles. The topological polar surface area (TPSA) is 127 Å². The van der Waals surface area contributed by atoms with E-state index in [9.17, 15) is 14.4 Å². The number of hydrogen-bond donors (Lipinski definition) is 3. The van der Waals surface area contributed by atoms with Crippen LogP contribution in [-0.2, 0) is 14.4 Å². The highest BCUT2D eigenvalue weighted by atomic mass is 32.1. The van der Waals surface area contributed by atoms with Crippen molar-refractivity contribution in [3.63, 3.8) is 0 Å². The van der Waals surface area contributed by atoms with Crippen LogP contribution in [0.1, 0.15) is 33.6 Å². The number of nitrogens with one attached hydrogen (secondary N) is 2. The molecule has 1 heterocycles. The van der Waals surface area contributed by atoms with Gasteiger partial charge in [0.1, 0.15) is 11.5 Å². The zero-order chi connectivity index (χ0) is 22.7. The molecule has 0 spiro atoms. The number of nitrogens with zero attached hydrogens (tertiary/aromatic N) is 1. The molecule has 9 nitrogen and oxygen atoms in total. The number of rotatable bonds is 7. The molecule has 0 fully saturated rings. The van der Waals surface area contributed by atoms with Crippen LogP contribution in [0, 0.1) is 0 Å². The Bertz CT molecular complexity index is 1130. The second kappa shape index (κ2) is 9.16. The van der Waals surface area contributed by atoms with E-state index in [4.69, 9.17) is 14.7 Å². The number of aromatic nitrogens is 1. The van der Waals surface area contributed by atoms with Crippen LogP contribution in [0.3, 0.4) is 0 Å². The van der Waals surface area contributed by atoms with Crippen LogP contribution in [-0.4, -0.2) is 40.8 Å². The molecule has 1 atom stereocenters. The first-order valence-corrected chi connectivity index (χ1v) is 10.5. The standard InChI is InChI=1S/C22H19N3O6S/c1-12(20(27)28)31-25-19(26)18-10-23-21(32-18)24-22(29)30-11-17-15-8-4-2-6-13(15)14-7-3-5-9-16(14)17/h2-10,12,17H,11H2,1H3,(H,25,26)(H,27,28)(H,23,24,29). The molecule has 1 aromatic heterocycles. The molecule has 3 N–H and O–H groups in total. The number of carboxylic acid groups (broad SMARTS) is 1. The smallest absolute Gasteiger partial charge is 0.413 e. The summed E-state index contributed by atoms with van der Waals surface area (Å²) in [5.41, 5.74) is 6.50. The van der Waals surface area contributed by atoms with Gasteiger partial charge in [0.25, 0.3) is 5.91 Å². The number of amides is 2. The van der Waals surface area contributed by atoms with E-state index in [2.05, 4.69) is 22.4 Å². The van der Waals surface area contributed by atoms with Crippen LogP contribution in [0.5, 0.6) is 0 Å². The Hall–Kier alpha value is -3.76. The number of carboxylic acids is 1. The molecule has 2 aromatic carbocycles. The summed E-state index contributed by atoms with van der Waals surface area (Å²) in [6.07, 6.45) is -0.650. The largest absolute Gasteiger partial charge is 0.479 e. The quantitative estimate of drug-likeness (QED) is 0.466. The monoisotopic (exact) mass is 453 g/mol. The van der Waals surface area contributed by atoms with Gasteiger partial charge >= 0.3 is 12.1 Å². The maximum atomic E-state index is 12.3. The Morgan fingerprint density at radius 3 is 2.34 bits per heavy atom. The number of ether oxygens (including phenoxy) is 1. The fourth-order valence-electron chi connectivity index (χ4n) is 3.40. The Morgan fingerprint density at radius 2 is 1.72 bits per heavy atom. The number of benzene rings is 2. The average Bonchev–Trinajstić information content (AvgIpc) is 3.38. The first-order valence-electron chi connectivity index (χ1n) is 9.70. The van der Waals surface area contributed by atoms with Crippen LogP contribution < -0.4 is 10.8 Å². The van der Waals surface area contributed by atoms with E-state index >= 15 is 0 Å². The fourth-order valence-corrected chi connectivity index (χ4v) is 4.09. The van der Waals surface area contributed by atoms with Gasteiger partial charge in [-0.25, -0.2) is 20.1 Å². The van der Waals surface area contributed by atoms with Crippen LogP contribution in [0.25, 0.3) is 11.1 Å². The van der Waals surface area contributed by atoms with E-state index in [0.717, 1.165) is 33.6 Å². The minimum absolute atomic E-state index is 0.0702. The van der Waals surface area contributed by atoms with Crippen LogP contribution >= 0.6 is 11.3 Å². The van der Waals surface area contributed by atoms with Gasteiger partial charge in [0.2, 0.25) is 0 Å². The van der Waals surface area contributed by atoms with E-state index in [-0.39, 0.29) is 22.5 Å². The highest BCUT2D eigenvalue weighted by molar-refractivity contribution is 7.17. The van der Waals surface area contributed by atoms with E-state index in [0.29, 0.717) is 0 Å². The van der Waals surface area contributed by atoms with Gasteiger partial charge in [0.05, 0.1) is 6.20 Å². The normalized spacial score (nSPS) is 13.0. The predicted octanol–water partition coefficient (Wildman–Crippen LogP) is 3.64. The second-order valence-corrected chi connectivity index (χ2v) is 8.04. The molecule has 164 valence electrons. The van der Waals surface area contributed by atoms with Gasteiger partial charge in [0, 0.05) is 5.92 Å². The number of carbonyl (C=O) groups is 3. The lowest BCUT2D eigenvalue weighted by atomic mass is 9.98. The van der Waals surface area contributed by atoms with E-state index in [1.54, 1.807) is 0 Å². The van der Waals surface area contributed by atoms with E-state index in [1.165, 1.54) is 13.1 Å². The molecule has 2 amide bonds. The third kappa shape index (κ3) is 4.46. The number of fused-ring (bicyclic) bond motifs is 3. The summed E-state index contributed by atoms with van der Waals surface area (Å²) in [6.45, 7) is 1.43. The van der Waals surface area contributed by atoms with E-state index in [1.807, 2.05) is 41.9 Å². The molecule has 3 aromatic rings. The van der Waals surface area contributed by atoms with Crippen molar-refractivity contribution in [1.29, 1.82) is 0 Å². The Kier molecular flexibility index (Phi) is 6.15. The number of anilines is 1. The van der Waals surface area contributed by atoms with Gasteiger partial charge in [-0.2, -0.15) is 0 Å². The van der Waals surface area contributed by atoms with Crippen molar-refractivity contribution in [3.05, 3.63) is 70.7 Å². The predicted molar refractivity (Wildman–Crippen MR) is 116 cm³/mol. The molecule has 0 bridgehead atoms. The molecule has 1 aliphatic carbocycles. The SMILES string of the molecule is CC(ONC(=O)c1cnc(NC(=O)OCC2c3ccccc3-c3ccccc32)s1)C(=O)O. The molecule has 1 unspecified atom stereocenters. The van der Waals surface area contributed by atoms with Crippen molar-refractivity contribution in [1.82, 2.24) is 10.5 Å². The molecule has 32 heavy (non-hydrogen) atoms. The number of hydrogen-bond acceptors (Lipinski definition) is 7. The minimum atomic E-state index is -1.22. The molecular weight excluding hydrogens is 434 g/mol. The zero-order valence-corrected chi connectivity index (χ0v) is 17.7. The van der Waals surface area contributed by atoms with Crippen LogP contribution in [0.15, 0.2) is 54.7 Å². The molecule has 4 rings (SSSR count). The second-order valence-electron chi connectivity index (χ2n) is 7.01. The molecular formula is C22H19N3O6S. The average molecular weight is 453 g/mol. The van der Waals surface area contributed by atoms with Crippen molar-refractivity contribution < 1.29 is 29.1 Å². The highest BCUT2D eigenvalue weighted by Crippen LogP contribution is 2.44. The van der Waals surface area contributed by atoms with Crippen molar-refractivity contribution in [2.75, 3.05) is 11.9 Å². The zero-order valence-electron chi connectivity index (χ0n) is 16.9. The first kappa shape index (κ1) is 21.5. The van der Waals surface area contributed by atoms with Crippen LogP contribution in [0.2, 0.25) is 0 Å². The van der Waals surface area contributed by atoms with Crippen molar-refractivity contribution in [2.45, 2.75) is 18.9 Å². The summed E-state index contributed by atoms with van der Waals surface area (Å²) >= 11 is 0.902. The lowest BCUT2D eigenvalue weighted by Gasteiger charge is -2.14. The van der Waals surface area contributed by atoms with Gasteiger partial charge in [-0.3, -0.25) is 14.9 Å². The summed E-state index contributed by atoms with van der Waals surface area (Å²) in [5, 5.41) is 11.4. The van der Waals surface area contributed by atoms with Gasteiger partial charge < -0.3 is 9.84 Å². The third-order valence-corrected chi connectivity index (χ3v) is 5.87. The molecule has 0 aliphatic heterocycles. The first-order chi connectivity index (χ1) is 15.4. The Morgan fingerprint density at radius 1 is 1.09 bits per heavy atom. The lowest BCUT2D eigenvalue weighted by Crippen LogP contribution is -2.32. The number of hydroxylamine groups is 1. The molecule has 0 radical (unpaired) electrons. The summed E-state index contributed by atoms with van der Waals surface area (Å²) < 4.78 is 5.44. The van der Waals surface area contributed by atoms with Crippen molar-refractivity contribution >= 4 is 34.4 Å². The minimum Gasteiger partial charge on any atom is -0.479 e. The Balaban J connectivity index is 1.34. The summed E-state index contributed by atoms with van der Waals surface area (Å²) in [5.74, 6) is -1.96. The van der Waals surface area contributed by atoms with Gasteiger partial charge in [0.15, 0.2) is 11.2 Å². The third-order valence-electron chi connectivity index (χ3n) is 4.96. The summed E-state index contributed by atoms with van der Waals surface area (Å²) in [7, 11) is 0. The Labute approximate surface area is 187 Å². The number of carbonyl (C=O) groups excluding carboxylic acids is 2. The lowest BCUT2D eigenvalue weighted by molar-refractivity contribution is -0.152. The molecule has 10 heteroatoms. The maximum Gasteiger partial charge on any atom is 0.413 e. The van der Waals surface area contributed by atoms with E-state index < -0.39 is 24.1 Å². The van der Waals surface area contributed by atoms with Crippen molar-refractivity contribution in [3.8, 4) is 11.1 Å². The maximum absolute atomic E-state index is 12.3. The fraction of sp³-hybridized carbons (Fsp3) is 0.182. The molecule has 1 aliphatic rings. The molecule has 0 saturated carbocycles. The van der Waals surface area contributed by atoms with Crippen LogP contribution in [0.4, 0.5) is 9.93 Å². The van der Waals surface area contributed by atoms with Gasteiger partial charge in [-0.15, -0.1) is 0 Å². The van der Waals surface area contributed by atoms with Gasteiger partial charge in [-0.1, -0.05) is 59.9 Å². The summed E-state index contributed by atoms with van der Waals surface area (Å²) in [4.78, 5) is 43.9. The number of aliphatic carboxylic acids is 1.